The highest BCUT2D eigenvalue weighted by atomic mass is 28.4. The molecule has 0 saturated heterocycles. The molecule has 0 bridgehead atoms. The zero-order valence-corrected chi connectivity index (χ0v) is 12.4. The summed E-state index contributed by atoms with van der Waals surface area (Å²) in [5, 5.41) is 0. The molecule has 0 fully saturated rings. The summed E-state index contributed by atoms with van der Waals surface area (Å²) in [6, 6.07) is 2.29. The van der Waals surface area contributed by atoms with Gasteiger partial charge in [0.05, 0.1) is 0 Å². The highest BCUT2D eigenvalue weighted by Crippen LogP contribution is 2.19. The third-order valence-corrected chi connectivity index (χ3v) is 9.25. The van der Waals surface area contributed by atoms with Crippen molar-refractivity contribution in [2.75, 3.05) is 14.2 Å². The fourth-order valence-corrected chi connectivity index (χ4v) is 5.90. The van der Waals surface area contributed by atoms with E-state index in [1.165, 1.54) is 0 Å². The lowest BCUT2D eigenvalue weighted by Gasteiger charge is -2.25. The van der Waals surface area contributed by atoms with Crippen molar-refractivity contribution in [2.45, 2.75) is 39.0 Å². The number of rotatable bonds is 6. The number of hydrogen-bond donors (Lipinski definition) is 0. The maximum atomic E-state index is 5.69. The molecule has 0 saturated carbocycles. The Morgan fingerprint density at radius 2 is 1.43 bits per heavy atom. The second-order valence-electron chi connectivity index (χ2n) is 4.12. The first kappa shape index (κ1) is 14.1. The predicted molar refractivity (Wildman–Crippen MR) is 67.4 cm³/mol. The van der Waals surface area contributed by atoms with Crippen LogP contribution in [0.4, 0.5) is 0 Å². The van der Waals surface area contributed by atoms with Gasteiger partial charge < -0.3 is 8.85 Å². The quantitative estimate of drug-likeness (QED) is 0.655. The normalized spacial score (nSPS) is 13.9. The Balaban J connectivity index is 4.59. The van der Waals surface area contributed by atoms with E-state index in [0.29, 0.717) is 0 Å². The molecule has 84 valence electrons. The summed E-state index contributed by atoms with van der Waals surface area (Å²) in [4.78, 5) is 0. The lowest BCUT2D eigenvalue weighted by Crippen LogP contribution is -2.35. The minimum absolute atomic E-state index is 1.14. The van der Waals surface area contributed by atoms with Gasteiger partial charge >= 0.3 is 0 Å². The van der Waals surface area contributed by atoms with E-state index in [-0.39, 0.29) is 0 Å². The van der Waals surface area contributed by atoms with Crippen LogP contribution in [0.5, 0.6) is 0 Å². The Bertz CT molecular complexity index is 178. The zero-order chi connectivity index (χ0) is 11.2. The molecule has 0 aliphatic heterocycles. The first-order chi connectivity index (χ1) is 6.45. The van der Waals surface area contributed by atoms with Gasteiger partial charge in [-0.2, -0.15) is 0 Å². The minimum Gasteiger partial charge on any atom is -0.417 e. The van der Waals surface area contributed by atoms with Gasteiger partial charge in [-0.15, -0.1) is 0 Å². The number of hydrogen-bond acceptors (Lipinski definition) is 2. The summed E-state index contributed by atoms with van der Waals surface area (Å²) in [7, 11) is 0.503. The lowest BCUT2D eigenvalue weighted by molar-refractivity contribution is 0.403. The topological polar surface area (TPSA) is 18.5 Å². The van der Waals surface area contributed by atoms with E-state index in [4.69, 9.17) is 8.85 Å². The average molecular weight is 232 g/mol. The molecule has 0 aromatic rings. The molecule has 4 heteroatoms. The average Bonchev–Trinajstić information content (AvgIpc) is 2.21. The molecule has 0 spiro atoms. The van der Waals surface area contributed by atoms with Crippen LogP contribution in [-0.4, -0.2) is 30.9 Å². The molecule has 0 aromatic heterocycles. The third kappa shape index (κ3) is 4.08. The molecule has 0 aliphatic carbocycles. The highest BCUT2D eigenvalue weighted by molar-refractivity contribution is 6.83. The van der Waals surface area contributed by atoms with E-state index in [2.05, 4.69) is 38.3 Å². The molecule has 14 heavy (non-hydrogen) atoms. The van der Waals surface area contributed by atoms with Gasteiger partial charge in [0.1, 0.15) is 0 Å². The standard InChI is InChI=1S/C10H24O2Si2/c1-7-14(8-2,12-4)10-9-13(5,6)11-3/h9-10H,7-8H2,1-6H3/b10-9+. The molecule has 0 N–H and O–H groups in total. The van der Waals surface area contributed by atoms with Crippen molar-refractivity contribution in [3.05, 3.63) is 11.4 Å². The van der Waals surface area contributed by atoms with E-state index < -0.39 is 16.6 Å². The summed E-state index contributed by atoms with van der Waals surface area (Å²) in [5.41, 5.74) is 4.60. The van der Waals surface area contributed by atoms with Crippen molar-refractivity contribution in [3.63, 3.8) is 0 Å². The van der Waals surface area contributed by atoms with Crippen LogP contribution in [0.2, 0.25) is 25.2 Å². The summed E-state index contributed by atoms with van der Waals surface area (Å²) in [6.07, 6.45) is 0. The van der Waals surface area contributed by atoms with Crippen molar-refractivity contribution >= 4 is 16.6 Å². The Morgan fingerprint density at radius 1 is 0.929 bits per heavy atom. The third-order valence-electron chi connectivity index (χ3n) is 2.92. The summed E-state index contributed by atoms with van der Waals surface area (Å²) in [5.74, 6) is 0. The maximum Gasteiger partial charge on any atom is 0.215 e. The van der Waals surface area contributed by atoms with Crippen LogP contribution in [0, 0.1) is 0 Å². The van der Waals surface area contributed by atoms with Gasteiger partial charge in [0, 0.05) is 14.2 Å². The Labute approximate surface area is 90.6 Å². The van der Waals surface area contributed by atoms with Crippen molar-refractivity contribution in [1.82, 2.24) is 0 Å². The zero-order valence-electron chi connectivity index (χ0n) is 10.4. The van der Waals surface area contributed by atoms with Gasteiger partial charge in [0.15, 0.2) is 0 Å². The fourth-order valence-electron chi connectivity index (χ4n) is 1.26. The second-order valence-corrected chi connectivity index (χ2v) is 12.4. The Kier molecular flexibility index (Phi) is 5.89. The molecule has 0 atom stereocenters. The molecule has 0 rings (SSSR count). The van der Waals surface area contributed by atoms with E-state index in [1.54, 1.807) is 7.11 Å². The monoisotopic (exact) mass is 232 g/mol. The smallest absolute Gasteiger partial charge is 0.215 e. The first-order valence-electron chi connectivity index (χ1n) is 5.26. The van der Waals surface area contributed by atoms with Gasteiger partial charge in [-0.3, -0.25) is 0 Å². The van der Waals surface area contributed by atoms with Crippen LogP contribution in [0.25, 0.3) is 0 Å². The Hall–Kier alpha value is 0.0938. The lowest BCUT2D eigenvalue weighted by atomic mass is 10.9. The SMILES string of the molecule is CC[Si](/C=C/[Si](C)(C)OC)(CC)OC. The van der Waals surface area contributed by atoms with Crippen LogP contribution in [0.15, 0.2) is 11.4 Å². The molecule has 0 unspecified atom stereocenters. The molecule has 2 nitrogen and oxygen atoms in total. The molecule has 0 aromatic carbocycles. The second kappa shape index (κ2) is 5.85. The Morgan fingerprint density at radius 3 is 1.71 bits per heavy atom. The van der Waals surface area contributed by atoms with E-state index in [1.807, 2.05) is 7.11 Å². The maximum absolute atomic E-state index is 5.69. The summed E-state index contributed by atoms with van der Waals surface area (Å²) in [6.45, 7) is 8.82. The summed E-state index contributed by atoms with van der Waals surface area (Å²) >= 11 is 0. The van der Waals surface area contributed by atoms with Crippen molar-refractivity contribution in [2.24, 2.45) is 0 Å². The van der Waals surface area contributed by atoms with Gasteiger partial charge in [-0.25, -0.2) is 0 Å². The molecule has 0 radical (unpaired) electrons. The van der Waals surface area contributed by atoms with E-state index in [0.717, 1.165) is 12.1 Å². The largest absolute Gasteiger partial charge is 0.417 e. The fraction of sp³-hybridized carbons (Fsp3) is 0.800. The van der Waals surface area contributed by atoms with Crippen LogP contribution < -0.4 is 0 Å². The van der Waals surface area contributed by atoms with E-state index >= 15 is 0 Å². The van der Waals surface area contributed by atoms with Gasteiger partial charge in [0.25, 0.3) is 0 Å². The van der Waals surface area contributed by atoms with E-state index in [9.17, 15) is 0 Å². The first-order valence-corrected chi connectivity index (χ1v) is 10.6. The van der Waals surface area contributed by atoms with Gasteiger partial charge in [-0.1, -0.05) is 25.2 Å². The van der Waals surface area contributed by atoms with Crippen LogP contribution in [0.1, 0.15) is 13.8 Å². The summed E-state index contributed by atoms with van der Waals surface area (Å²) < 4.78 is 11.2. The highest BCUT2D eigenvalue weighted by Gasteiger charge is 2.28. The van der Waals surface area contributed by atoms with Gasteiger partial charge in [-0.05, 0) is 25.2 Å². The van der Waals surface area contributed by atoms with Crippen molar-refractivity contribution < 1.29 is 8.85 Å². The molecule has 0 amide bonds. The van der Waals surface area contributed by atoms with Crippen molar-refractivity contribution in [1.29, 1.82) is 0 Å². The molecular weight excluding hydrogens is 208 g/mol. The molecule has 0 aliphatic rings. The van der Waals surface area contributed by atoms with Crippen LogP contribution >= 0.6 is 0 Å². The minimum atomic E-state index is -1.57. The van der Waals surface area contributed by atoms with Gasteiger partial charge in [0.2, 0.25) is 16.6 Å². The van der Waals surface area contributed by atoms with Crippen LogP contribution in [0.3, 0.4) is 0 Å². The van der Waals surface area contributed by atoms with Crippen molar-refractivity contribution in [3.8, 4) is 0 Å². The molecular formula is C10H24O2Si2. The molecule has 0 heterocycles. The van der Waals surface area contributed by atoms with Crippen LogP contribution in [-0.2, 0) is 8.85 Å². The predicted octanol–water partition coefficient (Wildman–Crippen LogP) is 3.10.